The van der Waals surface area contributed by atoms with E-state index in [-0.39, 0.29) is 0 Å². The van der Waals surface area contributed by atoms with E-state index >= 15 is 0 Å². The summed E-state index contributed by atoms with van der Waals surface area (Å²) in [6.07, 6.45) is 3.83. The van der Waals surface area contributed by atoms with Crippen LogP contribution >= 0.6 is 0 Å². The van der Waals surface area contributed by atoms with Crippen LogP contribution in [0.4, 0.5) is 17.3 Å². The van der Waals surface area contributed by atoms with Gasteiger partial charge in [0.25, 0.3) is 0 Å². The fourth-order valence-electron chi connectivity index (χ4n) is 2.78. The van der Waals surface area contributed by atoms with Crippen LogP contribution in [-0.4, -0.2) is 56.5 Å². The number of methoxy groups -OCH3 is 1. The van der Waals surface area contributed by atoms with Crippen molar-refractivity contribution < 1.29 is 9.47 Å². The van der Waals surface area contributed by atoms with E-state index in [0.29, 0.717) is 43.6 Å². The highest BCUT2D eigenvalue weighted by molar-refractivity contribution is 5.78. The molecular weight excluding hydrogens is 344 g/mol. The van der Waals surface area contributed by atoms with Crippen molar-refractivity contribution in [3.05, 3.63) is 35.7 Å². The van der Waals surface area contributed by atoms with Crippen LogP contribution in [0.3, 0.4) is 0 Å². The molecule has 1 aliphatic rings. The molecule has 0 spiro atoms. The quantitative estimate of drug-likeness (QED) is 0.671. The molecule has 1 aromatic carbocycles. The van der Waals surface area contributed by atoms with Gasteiger partial charge in [0.05, 0.1) is 20.3 Å². The Morgan fingerprint density at radius 3 is 2.59 bits per heavy atom. The minimum Gasteiger partial charge on any atom is -0.497 e. The number of rotatable bonds is 7. The summed E-state index contributed by atoms with van der Waals surface area (Å²) in [5.74, 6) is 2.73. The predicted octanol–water partition coefficient (Wildman–Crippen LogP) is 1.45. The van der Waals surface area contributed by atoms with Crippen molar-refractivity contribution in [3.8, 4) is 5.75 Å². The van der Waals surface area contributed by atoms with Gasteiger partial charge in [-0.15, -0.1) is 0 Å². The number of ether oxygens (including phenoxy) is 2. The number of nitrogens with zero attached hydrogens (tertiary/aromatic N) is 3. The maximum absolute atomic E-state index is 6.31. The molecule has 2 aromatic rings. The van der Waals surface area contributed by atoms with E-state index < -0.39 is 0 Å². The van der Waals surface area contributed by atoms with Crippen molar-refractivity contribution in [2.24, 2.45) is 5.73 Å². The number of benzene rings is 1. The minimum absolute atomic E-state index is 0.493. The molecule has 1 aliphatic heterocycles. The van der Waals surface area contributed by atoms with Gasteiger partial charge in [-0.2, -0.15) is 0 Å². The Labute approximate surface area is 159 Å². The van der Waals surface area contributed by atoms with Crippen molar-refractivity contribution in [3.63, 3.8) is 0 Å². The molecule has 0 amide bonds. The number of morpholine rings is 1. The Hall–Kier alpha value is -2.84. The van der Waals surface area contributed by atoms with Crippen LogP contribution in [0.1, 0.15) is 11.4 Å². The smallest absolute Gasteiger partial charge is 0.158 e. The van der Waals surface area contributed by atoms with Gasteiger partial charge in [-0.05, 0) is 23.8 Å². The molecule has 0 unspecified atom stereocenters. The topological polar surface area (TPSA) is 112 Å². The standard InChI is InChI=1S/C19H26N6O2/c1-26-15-5-2-14(3-6-15)4-7-16-23-18(22-9-8-20)17(21)19(24-16)25-10-12-27-13-11-25/h2-7H,8-13,20-21H2,1H3,(H,22,23,24). The van der Waals surface area contributed by atoms with Gasteiger partial charge < -0.3 is 31.2 Å². The lowest BCUT2D eigenvalue weighted by molar-refractivity contribution is 0.122. The molecule has 1 fully saturated rings. The molecule has 2 heterocycles. The maximum Gasteiger partial charge on any atom is 0.158 e. The van der Waals surface area contributed by atoms with E-state index in [1.165, 1.54) is 0 Å². The molecule has 3 rings (SSSR count). The fraction of sp³-hybridized carbons (Fsp3) is 0.368. The Bertz CT molecular complexity index is 773. The van der Waals surface area contributed by atoms with Crippen molar-refractivity contribution in [2.75, 3.05) is 62.5 Å². The fourth-order valence-corrected chi connectivity index (χ4v) is 2.78. The number of hydrogen-bond acceptors (Lipinski definition) is 8. The third-order valence-electron chi connectivity index (χ3n) is 4.23. The zero-order valence-electron chi connectivity index (χ0n) is 15.5. The van der Waals surface area contributed by atoms with Gasteiger partial charge in [-0.1, -0.05) is 18.2 Å². The minimum atomic E-state index is 0.493. The first-order valence-electron chi connectivity index (χ1n) is 8.97. The van der Waals surface area contributed by atoms with E-state index in [1.54, 1.807) is 7.11 Å². The number of hydrogen-bond donors (Lipinski definition) is 3. The van der Waals surface area contributed by atoms with Crippen LogP contribution in [0, 0.1) is 0 Å². The first-order chi connectivity index (χ1) is 13.2. The lowest BCUT2D eigenvalue weighted by Gasteiger charge is -2.29. The Kier molecular flexibility index (Phi) is 6.45. The number of anilines is 3. The molecule has 0 radical (unpaired) electrons. The molecule has 144 valence electrons. The molecule has 1 saturated heterocycles. The van der Waals surface area contributed by atoms with Crippen LogP contribution in [0.2, 0.25) is 0 Å². The molecule has 0 bridgehead atoms. The molecule has 27 heavy (non-hydrogen) atoms. The Morgan fingerprint density at radius 1 is 1.19 bits per heavy atom. The van der Waals surface area contributed by atoms with Gasteiger partial charge in [0, 0.05) is 26.2 Å². The number of aromatic nitrogens is 2. The lowest BCUT2D eigenvalue weighted by Crippen LogP contribution is -2.37. The van der Waals surface area contributed by atoms with E-state index in [4.69, 9.17) is 20.9 Å². The molecule has 0 atom stereocenters. The summed E-state index contributed by atoms with van der Waals surface area (Å²) < 4.78 is 10.6. The van der Waals surface area contributed by atoms with Gasteiger partial charge in [0.1, 0.15) is 11.4 Å². The second-order valence-electron chi connectivity index (χ2n) is 6.09. The Morgan fingerprint density at radius 2 is 1.93 bits per heavy atom. The highest BCUT2D eigenvalue weighted by Gasteiger charge is 2.19. The van der Waals surface area contributed by atoms with Gasteiger partial charge >= 0.3 is 0 Å². The number of nitrogens with two attached hydrogens (primary N) is 2. The summed E-state index contributed by atoms with van der Waals surface area (Å²) in [6.45, 7) is 3.90. The van der Waals surface area contributed by atoms with Gasteiger partial charge in [-0.25, -0.2) is 9.97 Å². The summed E-state index contributed by atoms with van der Waals surface area (Å²) in [4.78, 5) is 11.3. The van der Waals surface area contributed by atoms with Crippen molar-refractivity contribution in [2.45, 2.75) is 0 Å². The number of nitrogens with one attached hydrogen (secondary N) is 1. The highest BCUT2D eigenvalue weighted by Crippen LogP contribution is 2.28. The molecule has 5 N–H and O–H groups in total. The van der Waals surface area contributed by atoms with Crippen LogP contribution in [0.25, 0.3) is 12.2 Å². The average Bonchev–Trinajstić information content (AvgIpc) is 2.73. The van der Waals surface area contributed by atoms with Crippen LogP contribution < -0.4 is 26.4 Å². The molecule has 1 aromatic heterocycles. The molecular formula is C19H26N6O2. The first kappa shape index (κ1) is 18.9. The van der Waals surface area contributed by atoms with E-state index in [0.717, 1.165) is 30.2 Å². The average molecular weight is 370 g/mol. The normalized spacial score (nSPS) is 14.5. The Balaban J connectivity index is 1.88. The van der Waals surface area contributed by atoms with Gasteiger partial charge in [0.2, 0.25) is 0 Å². The second-order valence-corrected chi connectivity index (χ2v) is 6.09. The summed E-state index contributed by atoms with van der Waals surface area (Å²) in [5.41, 5.74) is 13.5. The second kappa shape index (κ2) is 9.20. The van der Waals surface area contributed by atoms with E-state index in [2.05, 4.69) is 20.2 Å². The highest BCUT2D eigenvalue weighted by atomic mass is 16.5. The SMILES string of the molecule is COc1ccc(C=Cc2nc(NCCN)c(N)c(N3CCOCC3)n2)cc1. The van der Waals surface area contributed by atoms with Gasteiger partial charge in [0.15, 0.2) is 17.5 Å². The van der Waals surface area contributed by atoms with E-state index in [9.17, 15) is 0 Å². The van der Waals surface area contributed by atoms with Gasteiger partial charge in [-0.3, -0.25) is 0 Å². The molecule has 0 saturated carbocycles. The largest absolute Gasteiger partial charge is 0.497 e. The van der Waals surface area contributed by atoms with Crippen LogP contribution in [0.15, 0.2) is 24.3 Å². The summed E-state index contributed by atoms with van der Waals surface area (Å²) in [5, 5.41) is 3.19. The van der Waals surface area contributed by atoms with Crippen molar-refractivity contribution in [1.82, 2.24) is 9.97 Å². The van der Waals surface area contributed by atoms with Crippen molar-refractivity contribution >= 4 is 29.5 Å². The summed E-state index contributed by atoms with van der Waals surface area (Å²) >= 11 is 0. The summed E-state index contributed by atoms with van der Waals surface area (Å²) in [6, 6.07) is 7.78. The van der Waals surface area contributed by atoms with Crippen LogP contribution in [-0.2, 0) is 4.74 Å². The zero-order valence-corrected chi connectivity index (χ0v) is 15.5. The third kappa shape index (κ3) is 4.87. The maximum atomic E-state index is 6.31. The van der Waals surface area contributed by atoms with Crippen LogP contribution in [0.5, 0.6) is 5.75 Å². The summed E-state index contributed by atoms with van der Waals surface area (Å²) in [7, 11) is 1.65. The van der Waals surface area contributed by atoms with E-state index in [1.807, 2.05) is 36.4 Å². The third-order valence-corrected chi connectivity index (χ3v) is 4.23. The first-order valence-corrected chi connectivity index (χ1v) is 8.97. The number of nitrogen functional groups attached to an aromatic ring is 1. The molecule has 0 aliphatic carbocycles. The zero-order chi connectivity index (χ0) is 19.1. The molecule has 8 nitrogen and oxygen atoms in total. The lowest BCUT2D eigenvalue weighted by atomic mass is 10.2. The monoisotopic (exact) mass is 370 g/mol. The predicted molar refractivity (Wildman–Crippen MR) is 109 cm³/mol. The molecule has 8 heteroatoms. The van der Waals surface area contributed by atoms with Crippen molar-refractivity contribution in [1.29, 1.82) is 0 Å².